The van der Waals surface area contributed by atoms with E-state index in [2.05, 4.69) is 15.2 Å². The monoisotopic (exact) mass is 510 g/mol. The van der Waals surface area contributed by atoms with E-state index in [0.29, 0.717) is 47.7 Å². The van der Waals surface area contributed by atoms with E-state index in [-0.39, 0.29) is 18.0 Å². The summed E-state index contributed by atoms with van der Waals surface area (Å²) in [5.41, 5.74) is 2.88. The zero-order valence-corrected chi connectivity index (χ0v) is 21.4. The summed E-state index contributed by atoms with van der Waals surface area (Å²) in [7, 11) is 0. The summed E-state index contributed by atoms with van der Waals surface area (Å²) in [6, 6.07) is 7.64. The lowest BCUT2D eigenvalue weighted by Gasteiger charge is -2.31. The lowest BCUT2D eigenvalue weighted by atomic mass is 10.0. The Morgan fingerprint density at radius 3 is 2.56 bits per heavy atom. The maximum Gasteiger partial charge on any atom is 0.231 e. The number of carbonyl (C=O) groups excluding carboxylic acids is 1. The highest BCUT2D eigenvalue weighted by Crippen LogP contribution is 2.34. The van der Waals surface area contributed by atoms with Gasteiger partial charge in [-0.1, -0.05) is 35.9 Å². The van der Waals surface area contributed by atoms with Crippen molar-refractivity contribution in [1.29, 1.82) is 0 Å². The van der Waals surface area contributed by atoms with E-state index in [9.17, 15) is 9.18 Å². The number of rotatable bonds is 7. The summed E-state index contributed by atoms with van der Waals surface area (Å²) in [5.74, 6) is 1.63. The van der Waals surface area contributed by atoms with Crippen molar-refractivity contribution in [1.82, 2.24) is 34.1 Å². The van der Waals surface area contributed by atoms with Crippen molar-refractivity contribution >= 4 is 23.5 Å². The maximum atomic E-state index is 13.1. The largest absolute Gasteiger partial charge is 0.331 e. The first-order chi connectivity index (χ1) is 17.3. The molecule has 11 heteroatoms. The number of aryl methyl sites for hydroxylation is 2. The Balaban J connectivity index is 1.47. The van der Waals surface area contributed by atoms with Gasteiger partial charge in [-0.25, -0.2) is 14.1 Å². The molecule has 9 nitrogen and oxygen atoms in total. The van der Waals surface area contributed by atoms with Crippen LogP contribution in [-0.2, 0) is 24.6 Å². The SMILES string of the molecule is CCn1cc(CF)nc1-c1ccc([C@H](C)N2C(=O)CCn3nc(-c4c(Cl)cnn4C(C)C)nc32)cc1. The molecule has 0 N–H and O–H groups in total. The van der Waals surface area contributed by atoms with Gasteiger partial charge in [-0.15, -0.1) is 5.10 Å². The molecule has 4 heterocycles. The minimum Gasteiger partial charge on any atom is -0.331 e. The average molecular weight is 511 g/mol. The number of nitrogens with zero attached hydrogens (tertiary/aromatic N) is 8. The van der Waals surface area contributed by atoms with Crippen molar-refractivity contribution in [2.24, 2.45) is 0 Å². The number of alkyl halides is 1. The minimum absolute atomic E-state index is 0.0180. The highest BCUT2D eigenvalue weighted by Gasteiger charge is 2.33. The second kappa shape index (κ2) is 9.50. The molecule has 3 aromatic heterocycles. The third-order valence-electron chi connectivity index (χ3n) is 6.47. The lowest BCUT2D eigenvalue weighted by molar-refractivity contribution is -0.120. The van der Waals surface area contributed by atoms with Crippen LogP contribution in [0.1, 0.15) is 57.5 Å². The van der Waals surface area contributed by atoms with Gasteiger partial charge in [0.2, 0.25) is 17.7 Å². The Morgan fingerprint density at radius 1 is 1.14 bits per heavy atom. The molecule has 0 saturated carbocycles. The first kappa shape index (κ1) is 24.2. The summed E-state index contributed by atoms with van der Waals surface area (Å²) in [5, 5.41) is 9.49. The fourth-order valence-electron chi connectivity index (χ4n) is 4.59. The van der Waals surface area contributed by atoms with Gasteiger partial charge in [0.05, 0.1) is 29.5 Å². The van der Waals surface area contributed by atoms with Crippen LogP contribution in [0.15, 0.2) is 36.7 Å². The molecule has 0 bridgehead atoms. The molecule has 5 rings (SSSR count). The second-order valence-electron chi connectivity index (χ2n) is 9.13. The van der Waals surface area contributed by atoms with Gasteiger partial charge in [0.25, 0.3) is 0 Å². The lowest BCUT2D eigenvalue weighted by Crippen LogP contribution is -2.39. The number of anilines is 1. The van der Waals surface area contributed by atoms with E-state index in [0.717, 1.165) is 17.0 Å². The second-order valence-corrected chi connectivity index (χ2v) is 9.53. The number of hydrogen-bond donors (Lipinski definition) is 0. The molecule has 4 aromatic rings. The van der Waals surface area contributed by atoms with Gasteiger partial charge in [-0.2, -0.15) is 10.1 Å². The average Bonchev–Trinajstić information content (AvgIpc) is 3.59. The molecule has 1 aromatic carbocycles. The summed E-state index contributed by atoms with van der Waals surface area (Å²) in [6.07, 6.45) is 3.65. The molecular formula is C25H28ClFN8O. The van der Waals surface area contributed by atoms with Crippen LogP contribution in [0.5, 0.6) is 0 Å². The predicted molar refractivity (Wildman–Crippen MR) is 135 cm³/mol. The summed E-state index contributed by atoms with van der Waals surface area (Å²) < 4.78 is 18.6. The van der Waals surface area contributed by atoms with Crippen molar-refractivity contribution < 1.29 is 9.18 Å². The van der Waals surface area contributed by atoms with E-state index in [4.69, 9.17) is 16.6 Å². The minimum atomic E-state index is -0.599. The quantitative estimate of drug-likeness (QED) is 0.340. The van der Waals surface area contributed by atoms with Gasteiger partial charge in [-0.3, -0.25) is 14.4 Å². The van der Waals surface area contributed by atoms with Crippen LogP contribution in [0.2, 0.25) is 5.02 Å². The van der Waals surface area contributed by atoms with Crippen LogP contribution < -0.4 is 4.90 Å². The first-order valence-electron chi connectivity index (χ1n) is 12.0. The van der Waals surface area contributed by atoms with Crippen molar-refractivity contribution in [2.75, 3.05) is 4.90 Å². The number of benzene rings is 1. The van der Waals surface area contributed by atoms with Crippen molar-refractivity contribution in [3.8, 4) is 22.9 Å². The highest BCUT2D eigenvalue weighted by atomic mass is 35.5. The molecule has 1 aliphatic heterocycles. The van der Waals surface area contributed by atoms with Gasteiger partial charge < -0.3 is 4.57 Å². The Bertz CT molecular complexity index is 1400. The fourth-order valence-corrected chi connectivity index (χ4v) is 4.81. The zero-order valence-electron chi connectivity index (χ0n) is 20.7. The maximum absolute atomic E-state index is 13.1. The van der Waals surface area contributed by atoms with Gasteiger partial charge in [0, 0.05) is 30.8 Å². The molecule has 0 spiro atoms. The molecule has 1 amide bonds. The van der Waals surface area contributed by atoms with Crippen LogP contribution in [-0.4, -0.2) is 40.0 Å². The van der Waals surface area contributed by atoms with Crippen molar-refractivity contribution in [3.63, 3.8) is 0 Å². The molecule has 0 unspecified atom stereocenters. The zero-order chi connectivity index (χ0) is 25.6. The standard InChI is InChI=1S/C25H28ClFN8O/c1-5-32-14-19(12-27)29-24(32)18-8-6-17(7-9-18)16(4)34-21(36)10-11-33-25(34)30-23(31-33)22-20(26)13-28-35(22)15(2)3/h6-9,13-16H,5,10-12H2,1-4H3/t16-/m0/s1. The van der Waals surface area contributed by atoms with Crippen molar-refractivity contribution in [2.45, 2.75) is 66.0 Å². The Morgan fingerprint density at radius 2 is 1.89 bits per heavy atom. The molecule has 0 saturated heterocycles. The van der Waals surface area contributed by atoms with Gasteiger partial charge >= 0.3 is 0 Å². The normalized spacial score (nSPS) is 14.5. The van der Waals surface area contributed by atoms with Gasteiger partial charge in [0.1, 0.15) is 18.2 Å². The molecule has 1 aliphatic rings. The number of amides is 1. The third-order valence-corrected chi connectivity index (χ3v) is 6.74. The van der Waals surface area contributed by atoms with Crippen LogP contribution in [0, 0.1) is 0 Å². The summed E-state index contributed by atoms with van der Waals surface area (Å²) in [4.78, 5) is 23.9. The number of imidazole rings is 1. The number of halogens is 2. The molecular weight excluding hydrogens is 483 g/mol. The summed E-state index contributed by atoms with van der Waals surface area (Å²) in [6.45, 7) is 8.53. The molecule has 0 fully saturated rings. The molecule has 0 aliphatic carbocycles. The molecule has 36 heavy (non-hydrogen) atoms. The smallest absolute Gasteiger partial charge is 0.231 e. The topological polar surface area (TPSA) is 86.7 Å². The van der Waals surface area contributed by atoms with Crippen LogP contribution in [0.3, 0.4) is 0 Å². The highest BCUT2D eigenvalue weighted by molar-refractivity contribution is 6.32. The Kier molecular flexibility index (Phi) is 6.38. The number of aromatic nitrogens is 7. The van der Waals surface area contributed by atoms with E-state index >= 15 is 0 Å². The van der Waals surface area contributed by atoms with E-state index in [1.165, 1.54) is 0 Å². The van der Waals surface area contributed by atoms with Crippen molar-refractivity contribution in [3.05, 3.63) is 52.9 Å². The summed E-state index contributed by atoms with van der Waals surface area (Å²) >= 11 is 6.43. The van der Waals surface area contributed by atoms with Gasteiger partial charge in [0.15, 0.2) is 0 Å². The third kappa shape index (κ3) is 4.09. The predicted octanol–water partition coefficient (Wildman–Crippen LogP) is 5.23. The van der Waals surface area contributed by atoms with Crippen LogP contribution in [0.25, 0.3) is 22.9 Å². The van der Waals surface area contributed by atoms with E-state index < -0.39 is 6.67 Å². The van der Waals surface area contributed by atoms with Crippen LogP contribution in [0.4, 0.5) is 10.3 Å². The fraction of sp³-hybridized carbons (Fsp3) is 0.400. The van der Waals surface area contributed by atoms with Crippen LogP contribution >= 0.6 is 11.6 Å². The molecule has 0 radical (unpaired) electrons. The first-order valence-corrected chi connectivity index (χ1v) is 12.4. The number of carbonyl (C=O) groups is 1. The number of fused-ring (bicyclic) bond motifs is 1. The number of hydrogen-bond acceptors (Lipinski definition) is 5. The Hall–Kier alpha value is -3.53. The molecule has 1 atom stereocenters. The van der Waals surface area contributed by atoms with E-state index in [1.807, 2.05) is 56.5 Å². The Labute approximate surface area is 213 Å². The van der Waals surface area contributed by atoms with Gasteiger partial charge in [-0.05, 0) is 33.3 Å². The van der Waals surface area contributed by atoms with E-state index in [1.54, 1.807) is 26.7 Å². The molecule has 188 valence electrons.